The first-order valence-electron chi connectivity index (χ1n) is 20.3. The predicted molar refractivity (Wildman–Crippen MR) is 225 cm³/mol. The second-order valence-electron chi connectivity index (χ2n) is 17.8. The molecule has 1 atom stereocenters. The number of alkyl halides is 3. The van der Waals surface area contributed by atoms with Crippen LogP contribution in [0.5, 0.6) is 0 Å². The van der Waals surface area contributed by atoms with Crippen LogP contribution in [0.3, 0.4) is 0 Å². The monoisotopic (exact) mass is 923 g/mol. The Bertz CT molecular complexity index is 2410. The summed E-state index contributed by atoms with van der Waals surface area (Å²) in [5.74, 6) is -4.39. The van der Waals surface area contributed by atoms with E-state index in [1.807, 2.05) is 13.8 Å². The Kier molecular flexibility index (Phi) is 14.8. The molecule has 2 heterocycles. The molecule has 2 aliphatic rings. The molecule has 1 saturated heterocycles. The number of nitrogens with zero attached hydrogens (tertiary/aromatic N) is 3. The van der Waals surface area contributed by atoms with Gasteiger partial charge in [-0.15, -0.1) is 0 Å². The van der Waals surface area contributed by atoms with E-state index in [2.05, 4.69) is 20.9 Å². The van der Waals surface area contributed by atoms with Gasteiger partial charge < -0.3 is 10.6 Å². The number of piperidine rings is 1. The van der Waals surface area contributed by atoms with E-state index in [0.717, 1.165) is 59.8 Å². The molecule has 0 bridgehead atoms. The average Bonchev–Trinajstić information content (AvgIpc) is 3.16. The number of carbonyl (C=O) groups excluding carboxylic acids is 5. The van der Waals surface area contributed by atoms with Crippen molar-refractivity contribution in [3.63, 3.8) is 0 Å². The number of carbonyl (C=O) groups is 5. The van der Waals surface area contributed by atoms with Crippen molar-refractivity contribution in [1.29, 1.82) is 0 Å². The lowest BCUT2D eigenvalue weighted by atomic mass is 9.80. The number of likely N-dealkylation sites (tertiary alicyclic amines) is 1. The Balaban J connectivity index is 1.39. The smallest absolute Gasteiger partial charge is 0.333 e. The number of anilines is 2. The van der Waals surface area contributed by atoms with Gasteiger partial charge in [-0.2, -0.15) is 13.2 Å². The van der Waals surface area contributed by atoms with Gasteiger partial charge in [-0.25, -0.2) is 27.3 Å². The van der Waals surface area contributed by atoms with E-state index in [1.165, 1.54) is 0 Å². The highest BCUT2D eigenvalue weighted by Gasteiger charge is 2.40. The first kappa shape index (κ1) is 48.7. The van der Waals surface area contributed by atoms with Crippen LogP contribution in [0.1, 0.15) is 108 Å². The van der Waals surface area contributed by atoms with Gasteiger partial charge in [0.15, 0.2) is 5.15 Å². The van der Waals surface area contributed by atoms with Crippen molar-refractivity contribution in [3.8, 4) is 0 Å². The second kappa shape index (κ2) is 19.2. The van der Waals surface area contributed by atoms with Crippen LogP contribution in [0.2, 0.25) is 5.15 Å². The summed E-state index contributed by atoms with van der Waals surface area (Å²) in [4.78, 5) is 85.2. The third kappa shape index (κ3) is 12.6. The number of rotatable bonds is 13. The maximum Gasteiger partial charge on any atom is 0.416 e. The highest BCUT2D eigenvalue weighted by molar-refractivity contribution is 7.90. The minimum atomic E-state index is -4.77. The fourth-order valence-electron chi connectivity index (χ4n) is 7.52. The number of urea groups is 1. The van der Waals surface area contributed by atoms with Gasteiger partial charge in [0.2, 0.25) is 23.5 Å². The third-order valence-corrected chi connectivity index (χ3v) is 12.7. The fraction of sp³-hybridized carbons (Fsp3) is 0.500. The van der Waals surface area contributed by atoms with Crippen molar-refractivity contribution in [2.75, 3.05) is 17.2 Å². The van der Waals surface area contributed by atoms with Crippen molar-refractivity contribution in [2.45, 2.75) is 116 Å². The van der Waals surface area contributed by atoms with Gasteiger partial charge in [-0.1, -0.05) is 78.3 Å². The predicted octanol–water partition coefficient (Wildman–Crippen LogP) is 7.04. The molecule has 0 radical (unpaired) electrons. The van der Waals surface area contributed by atoms with Crippen molar-refractivity contribution >= 4 is 62.8 Å². The van der Waals surface area contributed by atoms with E-state index in [-0.39, 0.29) is 48.5 Å². The molecule has 3 aromatic rings. The van der Waals surface area contributed by atoms with Crippen LogP contribution in [0.4, 0.5) is 33.9 Å². The molecule has 1 aliphatic carbocycles. The maximum absolute atomic E-state index is 14.6. The molecule has 63 heavy (non-hydrogen) atoms. The summed E-state index contributed by atoms with van der Waals surface area (Å²) in [6.07, 6.45) is 1.29. The summed E-state index contributed by atoms with van der Waals surface area (Å²) >= 11 is 6.67. The summed E-state index contributed by atoms with van der Waals surface area (Å²) in [6, 6.07) is 2.99. The van der Waals surface area contributed by atoms with Crippen molar-refractivity contribution in [2.24, 2.45) is 16.7 Å². The van der Waals surface area contributed by atoms with Crippen LogP contribution in [-0.2, 0) is 43.5 Å². The first-order valence-corrected chi connectivity index (χ1v) is 22.1. The maximum atomic E-state index is 14.6. The molecule has 1 saturated carbocycles. The normalized spacial score (nSPS) is 16.6. The molecule has 15 nitrogen and oxygen atoms in total. The van der Waals surface area contributed by atoms with E-state index >= 15 is 0 Å². The first-order chi connectivity index (χ1) is 29.2. The SMILES string of the molecule is CC1(C)CC(=O)N(C[C@@H](NC(=O)Nc2nc(Cl)c(CCC3CCCCC3)n(CC(=O)Nc3cc(F)ccc3C(=O)NS(=O)(=O)c3ccc(C(F)(F)F)cc3)c2=O)C(C)(C)C)C(=O)C1. The van der Waals surface area contributed by atoms with Crippen LogP contribution in [0.25, 0.3) is 0 Å². The molecule has 0 spiro atoms. The van der Waals surface area contributed by atoms with Gasteiger partial charge in [0, 0.05) is 19.4 Å². The largest absolute Gasteiger partial charge is 0.416 e. The minimum Gasteiger partial charge on any atom is -0.333 e. The average molecular weight is 924 g/mol. The Hall–Kier alpha value is -5.37. The fourth-order valence-corrected chi connectivity index (χ4v) is 8.77. The van der Waals surface area contributed by atoms with Crippen molar-refractivity contribution < 1.29 is 50.0 Å². The van der Waals surface area contributed by atoms with Crippen molar-refractivity contribution in [3.05, 3.63) is 80.6 Å². The molecule has 5 rings (SSSR count). The number of benzene rings is 2. The number of halogens is 5. The second-order valence-corrected chi connectivity index (χ2v) is 19.8. The highest BCUT2D eigenvalue weighted by atomic mass is 35.5. The molecule has 6 amide bonds. The lowest BCUT2D eigenvalue weighted by Crippen LogP contribution is -2.56. The standard InChI is InChI=1S/C42H50ClF4N7O8S/c1-40(2,3)31(22-54-33(56)20-41(4,5)21-34(54)57)49-39(60)51-36-38(59)53(30(35(43)50-36)18-11-24-9-7-6-8-10-24)23-32(55)48-29-19-26(44)14-17-28(29)37(58)52-63(61,62)27-15-12-25(13-16-27)42(45,46)47/h12-17,19,24,31H,6-11,18,20-23H2,1-5H3,(H,48,55)(H,52,58)(H2,49,50,51,60)/t31-/m1/s1. The van der Waals surface area contributed by atoms with Gasteiger partial charge in [0.05, 0.1) is 33.4 Å². The molecule has 2 aromatic carbocycles. The van der Waals surface area contributed by atoms with Crippen LogP contribution in [0, 0.1) is 22.6 Å². The van der Waals surface area contributed by atoms with Gasteiger partial charge in [0.25, 0.3) is 21.5 Å². The lowest BCUT2D eigenvalue weighted by molar-refractivity contribution is -0.153. The molecule has 342 valence electrons. The van der Waals surface area contributed by atoms with E-state index in [9.17, 15) is 54.7 Å². The molecular weight excluding hydrogens is 874 g/mol. The van der Waals surface area contributed by atoms with Crippen molar-refractivity contribution in [1.82, 2.24) is 24.5 Å². The third-order valence-electron chi connectivity index (χ3n) is 11.1. The molecule has 2 fully saturated rings. The summed E-state index contributed by atoms with van der Waals surface area (Å²) in [5, 5.41) is 7.22. The van der Waals surface area contributed by atoms with E-state index < -0.39 is 96.4 Å². The number of imide groups is 1. The van der Waals surface area contributed by atoms with Gasteiger partial charge >= 0.3 is 12.2 Å². The molecule has 1 aliphatic heterocycles. The van der Waals surface area contributed by atoms with Gasteiger partial charge in [-0.05, 0) is 72.1 Å². The van der Waals surface area contributed by atoms with E-state index in [1.54, 1.807) is 25.5 Å². The van der Waals surface area contributed by atoms with Crippen LogP contribution >= 0.6 is 11.6 Å². The van der Waals surface area contributed by atoms with Crippen LogP contribution in [-0.4, -0.2) is 65.1 Å². The van der Waals surface area contributed by atoms with Crippen LogP contribution in [0.15, 0.2) is 52.2 Å². The number of hydrogen-bond donors (Lipinski definition) is 4. The van der Waals surface area contributed by atoms with E-state index in [4.69, 9.17) is 11.6 Å². The zero-order valence-electron chi connectivity index (χ0n) is 35.4. The number of aromatic nitrogens is 2. The summed E-state index contributed by atoms with van der Waals surface area (Å²) in [5.41, 5.74) is -4.23. The summed E-state index contributed by atoms with van der Waals surface area (Å²) in [6.45, 7) is 8.03. The minimum absolute atomic E-state index is 0.131. The Labute approximate surface area is 366 Å². The molecule has 1 aromatic heterocycles. The lowest BCUT2D eigenvalue weighted by Gasteiger charge is -2.39. The van der Waals surface area contributed by atoms with Gasteiger partial charge in [-0.3, -0.25) is 38.8 Å². The number of amides is 6. The highest BCUT2D eigenvalue weighted by Crippen LogP contribution is 2.34. The number of nitrogens with one attached hydrogen (secondary N) is 4. The van der Waals surface area contributed by atoms with Crippen LogP contribution < -0.4 is 26.2 Å². The Morgan fingerprint density at radius 1 is 0.937 bits per heavy atom. The molecular formula is C42H50ClF4N7O8S. The zero-order valence-corrected chi connectivity index (χ0v) is 37.0. The summed E-state index contributed by atoms with van der Waals surface area (Å²) in [7, 11) is -4.77. The topological polar surface area (TPSA) is 206 Å². The molecule has 4 N–H and O–H groups in total. The quantitative estimate of drug-likeness (QED) is 0.102. The van der Waals surface area contributed by atoms with E-state index in [0.29, 0.717) is 36.6 Å². The number of sulfonamides is 1. The zero-order chi connectivity index (χ0) is 46.7. The Morgan fingerprint density at radius 2 is 1.56 bits per heavy atom. The van der Waals surface area contributed by atoms with Gasteiger partial charge in [0.1, 0.15) is 12.4 Å². The Morgan fingerprint density at radius 3 is 2.14 bits per heavy atom. The summed E-state index contributed by atoms with van der Waals surface area (Å²) < 4.78 is 82.3. The molecule has 21 heteroatoms. The molecule has 0 unspecified atom stereocenters. The number of hydrogen-bond acceptors (Lipinski definition) is 9.